The van der Waals surface area contributed by atoms with Gasteiger partial charge in [0.15, 0.2) is 0 Å². The minimum Gasteiger partial charge on any atom is -0.494 e. The van der Waals surface area contributed by atoms with Gasteiger partial charge in [0.05, 0.1) is 24.0 Å². The number of anilines is 2. The summed E-state index contributed by atoms with van der Waals surface area (Å²) in [5, 5.41) is 9.02. The fourth-order valence-corrected chi connectivity index (χ4v) is 4.15. The number of benzene rings is 3. The Morgan fingerprint density at radius 2 is 1.75 bits per heavy atom. The predicted molar refractivity (Wildman–Crippen MR) is 123 cm³/mol. The van der Waals surface area contributed by atoms with Crippen molar-refractivity contribution in [2.24, 2.45) is 0 Å². The Kier molecular flexibility index (Phi) is 7.47. The van der Waals surface area contributed by atoms with E-state index in [-0.39, 0.29) is 29.5 Å². The zero-order chi connectivity index (χ0) is 23.0. The van der Waals surface area contributed by atoms with E-state index in [0.29, 0.717) is 23.6 Å². The molecular formula is C24H23N3O4S. The van der Waals surface area contributed by atoms with Crippen molar-refractivity contribution in [1.82, 2.24) is 0 Å². The van der Waals surface area contributed by atoms with Crippen molar-refractivity contribution >= 4 is 27.3 Å². The second-order valence-corrected chi connectivity index (χ2v) is 8.47. The van der Waals surface area contributed by atoms with E-state index < -0.39 is 10.0 Å². The molecule has 7 nitrogen and oxygen atoms in total. The normalized spacial score (nSPS) is 10.8. The fraction of sp³-hybridized carbons (Fsp3) is 0.167. The summed E-state index contributed by atoms with van der Waals surface area (Å²) in [6.07, 6.45) is 0.152. The molecule has 0 aliphatic heterocycles. The first-order valence-corrected chi connectivity index (χ1v) is 11.5. The smallest absolute Gasteiger partial charge is 0.261 e. The highest BCUT2D eigenvalue weighted by atomic mass is 32.2. The van der Waals surface area contributed by atoms with Gasteiger partial charge in [0, 0.05) is 23.5 Å². The van der Waals surface area contributed by atoms with Gasteiger partial charge in [-0.15, -0.1) is 0 Å². The SMILES string of the molecule is CCOc1ccc(N(CCC#N)C(=O)c2cccc(NS(=O)(=O)c3ccccc3)c2)cc1. The molecule has 0 saturated heterocycles. The van der Waals surface area contributed by atoms with Gasteiger partial charge in [0.1, 0.15) is 5.75 Å². The van der Waals surface area contributed by atoms with Crippen molar-refractivity contribution in [3.63, 3.8) is 0 Å². The van der Waals surface area contributed by atoms with Crippen LogP contribution in [-0.4, -0.2) is 27.5 Å². The van der Waals surface area contributed by atoms with E-state index in [9.17, 15) is 13.2 Å². The van der Waals surface area contributed by atoms with Gasteiger partial charge < -0.3 is 9.64 Å². The van der Waals surface area contributed by atoms with Gasteiger partial charge in [-0.05, 0) is 61.5 Å². The third kappa shape index (κ3) is 5.65. The van der Waals surface area contributed by atoms with E-state index in [2.05, 4.69) is 10.8 Å². The average Bonchev–Trinajstić information content (AvgIpc) is 2.81. The molecule has 1 amide bonds. The number of ether oxygens (including phenoxy) is 1. The van der Waals surface area contributed by atoms with E-state index >= 15 is 0 Å². The molecule has 0 aliphatic rings. The Morgan fingerprint density at radius 3 is 2.41 bits per heavy atom. The first-order valence-electron chi connectivity index (χ1n) is 10.0. The van der Waals surface area contributed by atoms with Crippen molar-refractivity contribution in [2.45, 2.75) is 18.2 Å². The standard InChI is InChI=1S/C24H23N3O4S/c1-2-31-22-14-12-21(13-15-22)27(17-7-16-25)24(28)19-8-6-9-20(18-19)26-32(29,30)23-10-4-3-5-11-23/h3-6,8-15,18,26H,2,7,17H2,1H3. The molecule has 0 aliphatic carbocycles. The largest absolute Gasteiger partial charge is 0.494 e. The molecule has 1 N–H and O–H groups in total. The van der Waals surface area contributed by atoms with Crippen LogP contribution in [0.5, 0.6) is 5.75 Å². The summed E-state index contributed by atoms with van der Waals surface area (Å²) >= 11 is 0. The van der Waals surface area contributed by atoms with Crippen LogP contribution in [0, 0.1) is 11.3 Å². The molecule has 0 radical (unpaired) electrons. The number of nitriles is 1. The van der Waals surface area contributed by atoms with Crippen LogP contribution in [0.4, 0.5) is 11.4 Å². The number of hydrogen-bond donors (Lipinski definition) is 1. The summed E-state index contributed by atoms with van der Waals surface area (Å²) in [6, 6.07) is 23.3. The maximum Gasteiger partial charge on any atom is 0.261 e. The zero-order valence-electron chi connectivity index (χ0n) is 17.6. The summed E-state index contributed by atoms with van der Waals surface area (Å²) in [5.41, 5.74) is 1.18. The first-order chi connectivity index (χ1) is 15.4. The van der Waals surface area contributed by atoms with Crippen LogP contribution in [0.15, 0.2) is 83.8 Å². The number of carbonyl (C=O) groups is 1. The minimum atomic E-state index is -3.78. The van der Waals surface area contributed by atoms with Gasteiger partial charge in [-0.25, -0.2) is 8.42 Å². The van der Waals surface area contributed by atoms with Crippen molar-refractivity contribution in [2.75, 3.05) is 22.8 Å². The van der Waals surface area contributed by atoms with E-state index in [1.165, 1.54) is 23.1 Å². The second-order valence-electron chi connectivity index (χ2n) is 6.79. The number of hydrogen-bond acceptors (Lipinski definition) is 5. The number of carbonyl (C=O) groups excluding carboxylic acids is 1. The van der Waals surface area contributed by atoms with Crippen LogP contribution in [0.25, 0.3) is 0 Å². The molecule has 32 heavy (non-hydrogen) atoms. The molecule has 3 rings (SSSR count). The monoisotopic (exact) mass is 449 g/mol. The molecule has 8 heteroatoms. The molecule has 0 saturated carbocycles. The third-order valence-electron chi connectivity index (χ3n) is 4.57. The van der Waals surface area contributed by atoms with Gasteiger partial charge >= 0.3 is 0 Å². The van der Waals surface area contributed by atoms with Gasteiger partial charge in [-0.1, -0.05) is 24.3 Å². The Morgan fingerprint density at radius 1 is 1.03 bits per heavy atom. The van der Waals surface area contributed by atoms with E-state index in [0.717, 1.165) is 0 Å². The third-order valence-corrected chi connectivity index (χ3v) is 5.96. The molecule has 0 unspecified atom stereocenters. The average molecular weight is 450 g/mol. The lowest BCUT2D eigenvalue weighted by atomic mass is 10.1. The summed E-state index contributed by atoms with van der Waals surface area (Å²) in [7, 11) is -3.78. The van der Waals surface area contributed by atoms with Crippen LogP contribution < -0.4 is 14.4 Å². The zero-order valence-corrected chi connectivity index (χ0v) is 18.4. The van der Waals surface area contributed by atoms with E-state index in [1.807, 2.05) is 6.92 Å². The fourth-order valence-electron chi connectivity index (χ4n) is 3.08. The van der Waals surface area contributed by atoms with Gasteiger partial charge in [0.25, 0.3) is 15.9 Å². The van der Waals surface area contributed by atoms with Crippen molar-refractivity contribution in [3.8, 4) is 11.8 Å². The number of nitrogens with zero attached hydrogens (tertiary/aromatic N) is 2. The second kappa shape index (κ2) is 10.5. The molecule has 0 aromatic heterocycles. The summed E-state index contributed by atoms with van der Waals surface area (Å²) in [6.45, 7) is 2.61. The number of nitrogens with one attached hydrogen (secondary N) is 1. The van der Waals surface area contributed by atoms with Crippen molar-refractivity contribution in [3.05, 3.63) is 84.4 Å². The Bertz CT molecular complexity index is 1200. The lowest BCUT2D eigenvalue weighted by molar-refractivity contribution is 0.0987. The summed E-state index contributed by atoms with van der Waals surface area (Å²) in [4.78, 5) is 14.9. The quantitative estimate of drug-likeness (QED) is 0.520. The maximum absolute atomic E-state index is 13.3. The van der Waals surface area contributed by atoms with Gasteiger partial charge in [0.2, 0.25) is 0 Å². The van der Waals surface area contributed by atoms with Crippen molar-refractivity contribution < 1.29 is 17.9 Å². The Hall–Kier alpha value is -3.83. The number of sulfonamides is 1. The van der Waals surface area contributed by atoms with Crippen LogP contribution in [0.2, 0.25) is 0 Å². The number of rotatable bonds is 9. The maximum atomic E-state index is 13.3. The summed E-state index contributed by atoms with van der Waals surface area (Å²) < 4.78 is 33.2. The van der Waals surface area contributed by atoms with Crippen LogP contribution >= 0.6 is 0 Å². The highest BCUT2D eigenvalue weighted by Crippen LogP contribution is 2.23. The number of amides is 1. The Labute approximate surface area is 187 Å². The molecule has 0 heterocycles. The highest BCUT2D eigenvalue weighted by molar-refractivity contribution is 7.92. The van der Waals surface area contributed by atoms with Crippen molar-refractivity contribution in [1.29, 1.82) is 5.26 Å². The predicted octanol–water partition coefficient (Wildman–Crippen LogP) is 4.45. The molecular weight excluding hydrogens is 426 g/mol. The van der Waals surface area contributed by atoms with E-state index in [4.69, 9.17) is 10.00 Å². The van der Waals surface area contributed by atoms with E-state index in [1.54, 1.807) is 60.7 Å². The highest BCUT2D eigenvalue weighted by Gasteiger charge is 2.19. The Balaban J connectivity index is 1.86. The van der Waals surface area contributed by atoms with Crippen LogP contribution in [0.1, 0.15) is 23.7 Å². The lowest BCUT2D eigenvalue weighted by Crippen LogP contribution is -2.31. The summed E-state index contributed by atoms with van der Waals surface area (Å²) in [5.74, 6) is 0.339. The van der Waals surface area contributed by atoms with Crippen LogP contribution in [-0.2, 0) is 10.0 Å². The minimum absolute atomic E-state index is 0.127. The van der Waals surface area contributed by atoms with Crippen LogP contribution in [0.3, 0.4) is 0 Å². The molecule has 3 aromatic carbocycles. The molecule has 0 fully saturated rings. The molecule has 0 spiro atoms. The topological polar surface area (TPSA) is 99.5 Å². The molecule has 0 bridgehead atoms. The molecule has 0 atom stereocenters. The lowest BCUT2D eigenvalue weighted by Gasteiger charge is -2.22. The molecule has 3 aromatic rings. The van der Waals surface area contributed by atoms with Gasteiger partial charge in [-0.2, -0.15) is 5.26 Å². The first kappa shape index (κ1) is 22.8. The molecule has 164 valence electrons. The van der Waals surface area contributed by atoms with Gasteiger partial charge in [-0.3, -0.25) is 9.52 Å².